The molecule has 3 rings (SSSR count). The van der Waals surface area contributed by atoms with E-state index in [0.717, 1.165) is 5.69 Å². The molecule has 1 aliphatic rings. The maximum Gasteiger partial charge on any atom is 0.253 e. The number of hydrogen-bond acceptors (Lipinski definition) is 4. The van der Waals surface area contributed by atoms with Gasteiger partial charge in [0.1, 0.15) is 11.9 Å². The van der Waals surface area contributed by atoms with E-state index >= 15 is 0 Å². The van der Waals surface area contributed by atoms with Crippen LogP contribution in [0.2, 0.25) is 5.02 Å². The number of benzene rings is 1. The van der Waals surface area contributed by atoms with Gasteiger partial charge in [-0.25, -0.2) is 4.85 Å². The molecular weight excluding hydrogens is 414 g/mol. The van der Waals surface area contributed by atoms with Crippen molar-refractivity contribution < 1.29 is 14.6 Å². The second kappa shape index (κ2) is 8.86. The van der Waals surface area contributed by atoms with E-state index < -0.39 is 0 Å². The normalized spacial score (nSPS) is 20.9. The number of aryl methyl sites for hydroxylation is 1. The predicted octanol–water partition coefficient (Wildman–Crippen LogP) is 4.82. The number of carbonyl (C=O) groups is 1. The average Bonchev–Trinajstić information content (AvgIpc) is 2.74. The Morgan fingerprint density at radius 2 is 1.97 bits per heavy atom. The quantitative estimate of drug-likeness (QED) is 0.604. The highest BCUT2D eigenvalue weighted by Crippen LogP contribution is 2.55. The fourth-order valence-corrected chi connectivity index (χ4v) is 4.98. The third-order valence-corrected chi connectivity index (χ3v) is 6.39. The van der Waals surface area contributed by atoms with Crippen molar-refractivity contribution in [3.05, 3.63) is 64.2 Å². The lowest BCUT2D eigenvalue weighted by Gasteiger charge is -2.63. The summed E-state index contributed by atoms with van der Waals surface area (Å²) >= 11 is 6.15. The number of aromatic nitrogens is 1. The third-order valence-electron chi connectivity index (χ3n) is 6.09. The van der Waals surface area contributed by atoms with Gasteiger partial charge >= 0.3 is 0 Å². The fourth-order valence-electron chi connectivity index (χ4n) is 4.77. The molecule has 1 saturated carbocycles. The summed E-state index contributed by atoms with van der Waals surface area (Å²) in [6.45, 7) is 15.5. The van der Waals surface area contributed by atoms with Gasteiger partial charge in [-0.05, 0) is 37.1 Å². The van der Waals surface area contributed by atoms with Crippen LogP contribution in [0.15, 0.2) is 36.5 Å². The number of nitrogens with zero attached hydrogens (tertiary/aromatic N) is 2. The summed E-state index contributed by atoms with van der Waals surface area (Å²) < 4.78 is 6.26. The molecule has 6 nitrogen and oxygen atoms in total. The van der Waals surface area contributed by atoms with Gasteiger partial charge in [0, 0.05) is 35.4 Å². The van der Waals surface area contributed by atoms with Crippen molar-refractivity contribution in [2.75, 3.05) is 6.61 Å². The van der Waals surface area contributed by atoms with E-state index in [4.69, 9.17) is 28.0 Å². The average molecular weight is 442 g/mol. The number of nitrogens with one attached hydrogen (secondary N) is 1. The Morgan fingerprint density at radius 3 is 2.52 bits per heavy atom. The highest BCUT2D eigenvalue weighted by molar-refractivity contribution is 6.33. The zero-order valence-electron chi connectivity index (χ0n) is 18.3. The second-order valence-electron chi connectivity index (χ2n) is 9.14. The first-order chi connectivity index (χ1) is 14.6. The SMILES string of the molecule is [C-]#[N+]c1ccc(OC2C(C)(C)C(NC(=O)c3ccc(CCCO)nc3)C2(C)C)cc1Cl. The van der Waals surface area contributed by atoms with Crippen molar-refractivity contribution in [3.8, 4) is 5.75 Å². The van der Waals surface area contributed by atoms with Gasteiger partial charge in [0.05, 0.1) is 17.2 Å². The monoisotopic (exact) mass is 441 g/mol. The van der Waals surface area contributed by atoms with Crippen molar-refractivity contribution in [1.29, 1.82) is 0 Å². The first-order valence-corrected chi connectivity index (χ1v) is 10.7. The van der Waals surface area contributed by atoms with Gasteiger partial charge in [-0.2, -0.15) is 0 Å². The molecule has 7 heteroatoms. The van der Waals surface area contributed by atoms with E-state index in [1.165, 1.54) is 0 Å². The van der Waals surface area contributed by atoms with Gasteiger partial charge < -0.3 is 15.2 Å². The van der Waals surface area contributed by atoms with Crippen LogP contribution in [0.4, 0.5) is 5.69 Å². The summed E-state index contributed by atoms with van der Waals surface area (Å²) in [5.41, 5.74) is 1.11. The molecule has 1 heterocycles. The standard InChI is InChI=1S/C24H28ClN3O3/c1-23(2)21(28-20(30)15-8-9-16(27-14-15)7-6-12-29)24(3,4)22(23)31-17-10-11-19(26-5)18(25)13-17/h8-11,13-14,21-22,29H,6-7,12H2,1-4H3,(H,28,30). The number of amides is 1. The molecule has 164 valence electrons. The number of pyridine rings is 1. The van der Waals surface area contributed by atoms with Gasteiger partial charge in [-0.1, -0.05) is 45.4 Å². The summed E-state index contributed by atoms with van der Waals surface area (Å²) in [7, 11) is 0. The van der Waals surface area contributed by atoms with Crippen LogP contribution in [-0.2, 0) is 6.42 Å². The van der Waals surface area contributed by atoms with Gasteiger partial charge in [0.15, 0.2) is 0 Å². The van der Waals surface area contributed by atoms with Gasteiger partial charge in [0.2, 0.25) is 5.69 Å². The van der Waals surface area contributed by atoms with Crippen LogP contribution in [0.1, 0.15) is 50.2 Å². The Hall–Kier alpha value is -2.62. The zero-order chi connectivity index (χ0) is 22.8. The van der Waals surface area contributed by atoms with Crippen LogP contribution >= 0.6 is 11.6 Å². The number of ether oxygens (including phenoxy) is 1. The lowest BCUT2D eigenvalue weighted by atomic mass is 9.49. The van der Waals surface area contributed by atoms with Crippen LogP contribution in [0.3, 0.4) is 0 Å². The van der Waals surface area contributed by atoms with Crippen LogP contribution in [-0.4, -0.2) is 34.8 Å². The zero-order valence-corrected chi connectivity index (χ0v) is 19.0. The Labute approximate surface area is 188 Å². The third kappa shape index (κ3) is 4.53. The number of aliphatic hydroxyl groups excluding tert-OH is 1. The summed E-state index contributed by atoms with van der Waals surface area (Å²) in [4.78, 5) is 20.5. The molecule has 1 aliphatic carbocycles. The molecule has 2 aromatic rings. The topological polar surface area (TPSA) is 75.8 Å². The van der Waals surface area contributed by atoms with Crippen molar-refractivity contribution in [2.45, 2.75) is 52.7 Å². The molecule has 1 aromatic carbocycles. The lowest BCUT2D eigenvalue weighted by molar-refractivity contribution is -0.164. The van der Waals surface area contributed by atoms with Gasteiger partial charge in [0.25, 0.3) is 5.91 Å². The fraction of sp³-hybridized carbons (Fsp3) is 0.458. The number of rotatable bonds is 7. The van der Waals surface area contributed by atoms with Gasteiger partial charge in [-0.3, -0.25) is 9.78 Å². The van der Waals surface area contributed by atoms with Crippen molar-refractivity contribution in [1.82, 2.24) is 10.3 Å². The summed E-state index contributed by atoms with van der Waals surface area (Å²) in [6.07, 6.45) is 2.76. The molecule has 0 atom stereocenters. The van der Waals surface area contributed by atoms with E-state index in [1.807, 2.05) is 6.07 Å². The minimum atomic E-state index is -0.321. The van der Waals surface area contributed by atoms with Crippen LogP contribution < -0.4 is 10.1 Å². The molecule has 0 bridgehead atoms. The van der Waals surface area contributed by atoms with E-state index in [-0.39, 0.29) is 35.5 Å². The number of halogens is 1. The van der Waals surface area contributed by atoms with Crippen LogP contribution in [0, 0.1) is 17.4 Å². The molecule has 31 heavy (non-hydrogen) atoms. The van der Waals surface area contributed by atoms with Crippen LogP contribution in [0.5, 0.6) is 5.75 Å². The number of carbonyl (C=O) groups excluding carboxylic acids is 1. The molecule has 1 amide bonds. The summed E-state index contributed by atoms with van der Waals surface area (Å²) in [6, 6.07) is 8.55. The molecule has 0 aliphatic heterocycles. The van der Waals surface area contributed by atoms with Crippen molar-refractivity contribution >= 4 is 23.2 Å². The van der Waals surface area contributed by atoms with Crippen molar-refractivity contribution in [2.24, 2.45) is 10.8 Å². The Morgan fingerprint density at radius 1 is 1.26 bits per heavy atom. The molecule has 1 aromatic heterocycles. The number of aliphatic hydroxyl groups is 1. The maximum absolute atomic E-state index is 12.9. The van der Waals surface area contributed by atoms with E-state index in [1.54, 1.807) is 30.5 Å². The molecule has 2 N–H and O–H groups in total. The second-order valence-corrected chi connectivity index (χ2v) is 9.54. The molecular formula is C24H28ClN3O3. The predicted molar refractivity (Wildman–Crippen MR) is 121 cm³/mol. The minimum absolute atomic E-state index is 0.107. The molecule has 1 fully saturated rings. The lowest BCUT2D eigenvalue weighted by Crippen LogP contribution is -2.74. The smallest absolute Gasteiger partial charge is 0.253 e. The minimum Gasteiger partial charge on any atom is -0.489 e. The van der Waals surface area contributed by atoms with E-state index in [2.05, 4.69) is 42.8 Å². The molecule has 0 spiro atoms. The molecule has 0 saturated heterocycles. The number of hydrogen-bond donors (Lipinski definition) is 2. The summed E-state index contributed by atoms with van der Waals surface area (Å²) in [5.74, 6) is 0.436. The summed E-state index contributed by atoms with van der Waals surface area (Å²) in [5, 5.41) is 12.5. The highest BCUT2D eigenvalue weighted by atomic mass is 35.5. The Kier molecular flexibility index (Phi) is 6.59. The van der Waals surface area contributed by atoms with Crippen LogP contribution in [0.25, 0.3) is 4.85 Å². The first kappa shape index (κ1) is 23.1. The highest BCUT2D eigenvalue weighted by Gasteiger charge is 2.64. The molecule has 0 radical (unpaired) electrons. The van der Waals surface area contributed by atoms with E-state index in [9.17, 15) is 4.79 Å². The van der Waals surface area contributed by atoms with E-state index in [0.29, 0.717) is 34.9 Å². The molecule has 0 unspecified atom stereocenters. The Bertz CT molecular complexity index is 980. The largest absolute Gasteiger partial charge is 0.489 e. The Balaban J connectivity index is 1.70. The van der Waals surface area contributed by atoms with Crippen molar-refractivity contribution in [3.63, 3.8) is 0 Å². The first-order valence-electron chi connectivity index (χ1n) is 10.3. The van der Waals surface area contributed by atoms with Gasteiger partial charge in [-0.15, -0.1) is 0 Å². The maximum atomic E-state index is 12.9.